The third-order valence-corrected chi connectivity index (χ3v) is 8.76. The number of benzene rings is 5. The Balaban J connectivity index is 0.000000172. The van der Waals surface area contributed by atoms with Crippen molar-refractivity contribution in [2.24, 2.45) is 0 Å². The second-order valence-corrected chi connectivity index (χ2v) is 12.1. The largest absolute Gasteiger partial charge is 0.353 e. The Morgan fingerprint density at radius 1 is 0.565 bits per heavy atom. The molecule has 0 radical (unpaired) electrons. The Kier molecular flexibility index (Phi) is 10.2. The Labute approximate surface area is 272 Å². The third kappa shape index (κ3) is 8.28. The van der Waals surface area contributed by atoms with Gasteiger partial charge in [-0.05, 0) is 70.7 Å². The fraction of sp³-hybridized carbons (Fsp3) is 0.190. The van der Waals surface area contributed by atoms with Crippen molar-refractivity contribution in [1.82, 2.24) is 10.2 Å². The van der Waals surface area contributed by atoms with Crippen LogP contribution in [0.1, 0.15) is 42.4 Å². The Morgan fingerprint density at radius 2 is 1.07 bits per heavy atom. The standard InChI is InChI=1S/C25H23NO.C17H17NO/c27-25-16-15-24(26(25)18-17-20-7-3-1-4-8-20)19-21-11-13-23(14-12-21)22-9-5-2-6-10-22;19-17-11-10-16(18-17)12-13-6-8-15(9-7-13)14-4-2-1-3-5-14/h1-14,17-18,24H,15-16,19H2;1-9,16H,10-12H2,(H,18,19)/b18-17+;/t24-;16-/m00/s1. The molecule has 0 spiro atoms. The van der Waals surface area contributed by atoms with E-state index in [1.54, 1.807) is 0 Å². The molecule has 2 amide bonds. The van der Waals surface area contributed by atoms with Gasteiger partial charge in [0.1, 0.15) is 0 Å². The van der Waals surface area contributed by atoms with Gasteiger partial charge in [0.2, 0.25) is 11.8 Å². The average molecular weight is 605 g/mol. The molecule has 0 bridgehead atoms. The second kappa shape index (κ2) is 15.2. The fourth-order valence-electron chi connectivity index (χ4n) is 6.21. The van der Waals surface area contributed by atoms with Crippen molar-refractivity contribution in [2.75, 3.05) is 0 Å². The summed E-state index contributed by atoms with van der Waals surface area (Å²) in [7, 11) is 0. The van der Waals surface area contributed by atoms with Crippen molar-refractivity contribution in [3.63, 3.8) is 0 Å². The van der Waals surface area contributed by atoms with Crippen LogP contribution in [0, 0.1) is 0 Å². The summed E-state index contributed by atoms with van der Waals surface area (Å²) in [6, 6.07) is 48.8. The van der Waals surface area contributed by atoms with Gasteiger partial charge in [0.05, 0.1) is 0 Å². The molecule has 7 rings (SSSR count). The highest BCUT2D eigenvalue weighted by Crippen LogP contribution is 2.26. The quantitative estimate of drug-likeness (QED) is 0.193. The molecule has 4 nitrogen and oxygen atoms in total. The molecule has 2 atom stereocenters. The van der Waals surface area contributed by atoms with Gasteiger partial charge in [0, 0.05) is 31.1 Å². The zero-order chi connectivity index (χ0) is 31.6. The van der Waals surface area contributed by atoms with E-state index in [1.165, 1.54) is 33.4 Å². The maximum atomic E-state index is 12.3. The molecule has 2 heterocycles. The van der Waals surface area contributed by atoms with Gasteiger partial charge in [0.25, 0.3) is 0 Å². The molecule has 1 N–H and O–H groups in total. The summed E-state index contributed by atoms with van der Waals surface area (Å²) >= 11 is 0. The van der Waals surface area contributed by atoms with E-state index in [-0.39, 0.29) is 17.9 Å². The molecule has 0 saturated carbocycles. The molecule has 0 unspecified atom stereocenters. The lowest BCUT2D eigenvalue weighted by Crippen LogP contribution is -2.29. The lowest BCUT2D eigenvalue weighted by atomic mass is 10.00. The van der Waals surface area contributed by atoms with E-state index < -0.39 is 0 Å². The molecule has 2 fully saturated rings. The summed E-state index contributed by atoms with van der Waals surface area (Å²) in [6.07, 6.45) is 8.97. The van der Waals surface area contributed by atoms with Crippen molar-refractivity contribution >= 4 is 17.9 Å². The molecule has 230 valence electrons. The van der Waals surface area contributed by atoms with Crippen LogP contribution >= 0.6 is 0 Å². The van der Waals surface area contributed by atoms with E-state index in [2.05, 4.69) is 102 Å². The summed E-state index contributed by atoms with van der Waals surface area (Å²) in [6.45, 7) is 0. The van der Waals surface area contributed by atoms with Crippen LogP contribution in [0.4, 0.5) is 0 Å². The first-order valence-corrected chi connectivity index (χ1v) is 16.2. The predicted octanol–water partition coefficient (Wildman–Crippen LogP) is 8.73. The molecule has 5 aromatic rings. The van der Waals surface area contributed by atoms with Crippen LogP contribution in [0.15, 0.2) is 146 Å². The zero-order valence-electron chi connectivity index (χ0n) is 26.1. The molecule has 0 aliphatic carbocycles. The highest BCUT2D eigenvalue weighted by atomic mass is 16.2. The smallest absolute Gasteiger partial charge is 0.226 e. The lowest BCUT2D eigenvalue weighted by Gasteiger charge is -2.21. The Morgan fingerprint density at radius 3 is 1.59 bits per heavy atom. The number of nitrogens with one attached hydrogen (secondary N) is 1. The van der Waals surface area contributed by atoms with Crippen molar-refractivity contribution in [1.29, 1.82) is 0 Å². The van der Waals surface area contributed by atoms with E-state index in [0.717, 1.165) is 31.2 Å². The third-order valence-electron chi connectivity index (χ3n) is 8.76. The van der Waals surface area contributed by atoms with Crippen LogP contribution in [0.3, 0.4) is 0 Å². The molecular formula is C42H40N2O2. The van der Waals surface area contributed by atoms with E-state index in [4.69, 9.17) is 0 Å². The summed E-state index contributed by atoms with van der Waals surface area (Å²) in [4.78, 5) is 25.4. The first-order valence-electron chi connectivity index (χ1n) is 16.2. The monoisotopic (exact) mass is 604 g/mol. The molecule has 4 heteroatoms. The van der Waals surface area contributed by atoms with Gasteiger partial charge in [-0.15, -0.1) is 0 Å². The normalized spacial score (nSPS) is 17.5. The number of carbonyl (C=O) groups excluding carboxylic acids is 2. The minimum absolute atomic E-state index is 0.186. The summed E-state index contributed by atoms with van der Waals surface area (Å²) < 4.78 is 0. The van der Waals surface area contributed by atoms with Crippen LogP contribution in [-0.4, -0.2) is 28.8 Å². The zero-order valence-corrected chi connectivity index (χ0v) is 26.1. The molecular weight excluding hydrogens is 564 g/mol. The molecule has 5 aromatic carbocycles. The van der Waals surface area contributed by atoms with E-state index in [1.807, 2.05) is 59.6 Å². The number of hydrogen-bond donors (Lipinski definition) is 1. The molecule has 2 aliphatic rings. The van der Waals surface area contributed by atoms with E-state index >= 15 is 0 Å². The van der Waals surface area contributed by atoms with Gasteiger partial charge in [-0.1, -0.05) is 140 Å². The topological polar surface area (TPSA) is 49.4 Å². The molecule has 2 aliphatic heterocycles. The number of amides is 2. The summed E-state index contributed by atoms with van der Waals surface area (Å²) in [5.41, 5.74) is 8.60. The number of hydrogen-bond acceptors (Lipinski definition) is 2. The van der Waals surface area contributed by atoms with Gasteiger partial charge in [0.15, 0.2) is 0 Å². The predicted molar refractivity (Wildman–Crippen MR) is 188 cm³/mol. The number of nitrogens with zero attached hydrogens (tertiary/aromatic N) is 1. The van der Waals surface area contributed by atoms with Crippen molar-refractivity contribution in [3.8, 4) is 22.3 Å². The van der Waals surface area contributed by atoms with Crippen LogP contribution in [0.2, 0.25) is 0 Å². The van der Waals surface area contributed by atoms with Gasteiger partial charge < -0.3 is 10.2 Å². The van der Waals surface area contributed by atoms with Crippen LogP contribution in [0.25, 0.3) is 28.3 Å². The second-order valence-electron chi connectivity index (χ2n) is 12.1. The summed E-state index contributed by atoms with van der Waals surface area (Å²) in [5.74, 6) is 0.402. The van der Waals surface area contributed by atoms with Crippen LogP contribution in [0.5, 0.6) is 0 Å². The van der Waals surface area contributed by atoms with Crippen molar-refractivity contribution in [3.05, 3.63) is 162 Å². The van der Waals surface area contributed by atoms with E-state index in [9.17, 15) is 9.59 Å². The Hall–Kier alpha value is -5.22. The maximum Gasteiger partial charge on any atom is 0.226 e. The average Bonchev–Trinajstić information content (AvgIpc) is 3.69. The molecule has 2 saturated heterocycles. The molecule has 0 aromatic heterocycles. The van der Waals surface area contributed by atoms with Crippen molar-refractivity contribution in [2.45, 2.75) is 50.6 Å². The lowest BCUT2D eigenvalue weighted by molar-refractivity contribution is -0.126. The minimum Gasteiger partial charge on any atom is -0.353 e. The van der Waals surface area contributed by atoms with Gasteiger partial charge in [-0.3, -0.25) is 9.59 Å². The maximum absolute atomic E-state index is 12.3. The number of rotatable bonds is 8. The fourth-order valence-corrected chi connectivity index (χ4v) is 6.21. The number of likely N-dealkylation sites (tertiary alicyclic amines) is 1. The van der Waals surface area contributed by atoms with Crippen LogP contribution in [-0.2, 0) is 22.4 Å². The molecule has 46 heavy (non-hydrogen) atoms. The van der Waals surface area contributed by atoms with E-state index in [0.29, 0.717) is 18.9 Å². The first kappa shape index (κ1) is 30.8. The highest BCUT2D eigenvalue weighted by Gasteiger charge is 2.29. The van der Waals surface area contributed by atoms with Gasteiger partial charge >= 0.3 is 0 Å². The SMILES string of the molecule is O=C1CC[C@@H](Cc2ccc(-c3ccccc3)cc2)N1.O=C1CC[C@@H](Cc2ccc(-c3ccccc3)cc2)N1/C=C/c1ccccc1. The van der Waals surface area contributed by atoms with Crippen molar-refractivity contribution < 1.29 is 9.59 Å². The highest BCUT2D eigenvalue weighted by molar-refractivity contribution is 5.81. The van der Waals surface area contributed by atoms with Gasteiger partial charge in [-0.25, -0.2) is 0 Å². The summed E-state index contributed by atoms with van der Waals surface area (Å²) in [5, 5.41) is 3.01. The van der Waals surface area contributed by atoms with Gasteiger partial charge in [-0.2, -0.15) is 0 Å². The Bertz CT molecular complexity index is 1730. The van der Waals surface area contributed by atoms with Crippen LogP contribution < -0.4 is 5.32 Å². The number of carbonyl (C=O) groups is 2. The first-order chi connectivity index (χ1) is 22.6. The minimum atomic E-state index is 0.186.